The molecule has 4 rings (SSSR count). The molecular formula is C22H25FN6O2. The monoisotopic (exact) mass is 424 g/mol. The largest absolute Gasteiger partial charge is 0.492 e. The summed E-state index contributed by atoms with van der Waals surface area (Å²) in [7, 11) is 1.91. The molecule has 1 atom stereocenters. The van der Waals surface area contributed by atoms with E-state index in [0.29, 0.717) is 25.4 Å². The number of halogens is 1. The minimum atomic E-state index is -0.286. The molecule has 0 aliphatic carbocycles. The average Bonchev–Trinajstić information content (AvgIpc) is 3.21. The minimum absolute atomic E-state index is 0.0311. The molecule has 9 heteroatoms. The molecule has 162 valence electrons. The first-order valence-electron chi connectivity index (χ1n) is 10.1. The van der Waals surface area contributed by atoms with Gasteiger partial charge in [0, 0.05) is 31.4 Å². The number of nitrogens with zero attached hydrogens (tertiary/aromatic N) is 4. The quantitative estimate of drug-likeness (QED) is 0.606. The van der Waals surface area contributed by atoms with Crippen molar-refractivity contribution in [2.24, 2.45) is 0 Å². The van der Waals surface area contributed by atoms with Crippen LogP contribution in [0.25, 0.3) is 0 Å². The van der Waals surface area contributed by atoms with Gasteiger partial charge in [0.2, 0.25) is 5.91 Å². The van der Waals surface area contributed by atoms with Crippen LogP contribution in [0.2, 0.25) is 0 Å². The van der Waals surface area contributed by atoms with Crippen molar-refractivity contribution in [3.8, 4) is 5.75 Å². The molecule has 2 N–H and O–H groups in total. The highest BCUT2D eigenvalue weighted by Gasteiger charge is 2.28. The van der Waals surface area contributed by atoms with Crippen LogP contribution in [0.1, 0.15) is 18.2 Å². The molecule has 0 saturated heterocycles. The molecule has 0 fully saturated rings. The molecular weight excluding hydrogens is 399 g/mol. The third-order valence-electron chi connectivity index (χ3n) is 5.33. The first-order valence-corrected chi connectivity index (χ1v) is 10.1. The fourth-order valence-corrected chi connectivity index (χ4v) is 3.39. The number of likely N-dealkylation sites (N-methyl/N-ethyl adjacent to an activating group) is 1. The summed E-state index contributed by atoms with van der Waals surface area (Å²) in [5.41, 5.74) is 3.47. The van der Waals surface area contributed by atoms with Gasteiger partial charge < -0.3 is 20.3 Å². The first kappa shape index (κ1) is 20.6. The molecule has 1 amide bonds. The number of carbonyl (C=O) groups excluding carboxylic acids is 1. The smallest absolute Gasteiger partial charge is 0.246 e. The van der Waals surface area contributed by atoms with E-state index in [1.807, 2.05) is 38.1 Å². The van der Waals surface area contributed by atoms with Crippen molar-refractivity contribution in [2.75, 3.05) is 29.2 Å². The summed E-state index contributed by atoms with van der Waals surface area (Å²) in [5, 5.41) is 10.6. The Morgan fingerprint density at radius 2 is 2.06 bits per heavy atom. The summed E-state index contributed by atoms with van der Waals surface area (Å²) in [4.78, 5) is 18.6. The van der Waals surface area contributed by atoms with Crippen LogP contribution in [0.4, 0.5) is 21.6 Å². The molecule has 0 radical (unpaired) electrons. The van der Waals surface area contributed by atoms with Gasteiger partial charge >= 0.3 is 0 Å². The van der Waals surface area contributed by atoms with Gasteiger partial charge in [0.1, 0.15) is 30.0 Å². The molecule has 31 heavy (non-hydrogen) atoms. The van der Waals surface area contributed by atoms with Crippen LogP contribution < -0.4 is 20.3 Å². The van der Waals surface area contributed by atoms with Crippen molar-refractivity contribution < 1.29 is 13.9 Å². The average molecular weight is 424 g/mol. The lowest BCUT2D eigenvalue weighted by Gasteiger charge is -2.34. The lowest BCUT2D eigenvalue weighted by atomic mass is 10.1. The van der Waals surface area contributed by atoms with Gasteiger partial charge in [-0.1, -0.05) is 0 Å². The van der Waals surface area contributed by atoms with E-state index in [-0.39, 0.29) is 17.8 Å². The fraction of sp³-hybridized carbons (Fsp3) is 0.318. The van der Waals surface area contributed by atoms with Crippen molar-refractivity contribution in [1.29, 1.82) is 0 Å². The molecule has 0 spiro atoms. The van der Waals surface area contributed by atoms with E-state index in [0.717, 1.165) is 28.5 Å². The van der Waals surface area contributed by atoms with E-state index in [1.54, 1.807) is 23.0 Å². The van der Waals surface area contributed by atoms with Crippen LogP contribution in [0.3, 0.4) is 0 Å². The van der Waals surface area contributed by atoms with Crippen LogP contribution in [-0.4, -0.2) is 40.4 Å². The number of amides is 1. The summed E-state index contributed by atoms with van der Waals surface area (Å²) in [6.07, 6.45) is 3.74. The van der Waals surface area contributed by atoms with Gasteiger partial charge in [0.25, 0.3) is 0 Å². The third kappa shape index (κ3) is 4.60. The number of hydrogen-bond acceptors (Lipinski definition) is 6. The lowest BCUT2D eigenvalue weighted by molar-refractivity contribution is -0.117. The lowest BCUT2D eigenvalue weighted by Crippen LogP contribution is -2.44. The number of ether oxygens (including phenoxy) is 1. The van der Waals surface area contributed by atoms with Gasteiger partial charge in [-0.15, -0.1) is 0 Å². The van der Waals surface area contributed by atoms with Crippen LogP contribution >= 0.6 is 0 Å². The number of anilines is 3. The van der Waals surface area contributed by atoms with Gasteiger partial charge in [-0.3, -0.25) is 9.48 Å². The van der Waals surface area contributed by atoms with Gasteiger partial charge in [-0.05, 0) is 38.1 Å². The Morgan fingerprint density at radius 3 is 2.84 bits per heavy atom. The minimum Gasteiger partial charge on any atom is -0.492 e. The van der Waals surface area contributed by atoms with Crippen LogP contribution in [0.5, 0.6) is 5.75 Å². The SMILES string of the molecule is Cc1nc(NCc2cnn(CCOc3ccc(F)cc3)c2)cc2c1NC(=O)[C@H](C)N2C. The number of aromatic nitrogens is 3. The van der Waals surface area contributed by atoms with E-state index in [4.69, 9.17) is 4.74 Å². The van der Waals surface area contributed by atoms with Crippen LogP contribution in [0.15, 0.2) is 42.7 Å². The first-order chi connectivity index (χ1) is 14.9. The Balaban J connectivity index is 1.34. The second kappa shape index (κ2) is 8.63. The molecule has 1 aliphatic rings. The van der Waals surface area contributed by atoms with E-state index in [2.05, 4.69) is 20.7 Å². The summed E-state index contributed by atoms with van der Waals surface area (Å²) < 4.78 is 20.3. The maximum absolute atomic E-state index is 12.9. The fourth-order valence-electron chi connectivity index (χ4n) is 3.39. The van der Waals surface area contributed by atoms with Crippen LogP contribution in [-0.2, 0) is 17.9 Å². The second-order valence-electron chi connectivity index (χ2n) is 7.53. The Morgan fingerprint density at radius 1 is 1.29 bits per heavy atom. The second-order valence-corrected chi connectivity index (χ2v) is 7.53. The number of aryl methyl sites for hydroxylation is 1. The van der Waals surface area contributed by atoms with E-state index in [9.17, 15) is 9.18 Å². The maximum Gasteiger partial charge on any atom is 0.246 e. The van der Waals surface area contributed by atoms with E-state index < -0.39 is 0 Å². The number of rotatable bonds is 7. The van der Waals surface area contributed by atoms with Crippen molar-refractivity contribution in [3.05, 3.63) is 59.8 Å². The molecule has 3 aromatic rings. The summed E-state index contributed by atoms with van der Waals surface area (Å²) >= 11 is 0. The number of benzene rings is 1. The van der Waals surface area contributed by atoms with Gasteiger partial charge in [-0.2, -0.15) is 5.10 Å². The molecule has 0 unspecified atom stereocenters. The zero-order valence-corrected chi connectivity index (χ0v) is 17.7. The number of hydrogen-bond donors (Lipinski definition) is 2. The molecule has 8 nitrogen and oxygen atoms in total. The highest BCUT2D eigenvalue weighted by molar-refractivity contribution is 6.04. The zero-order valence-electron chi connectivity index (χ0n) is 17.7. The van der Waals surface area contributed by atoms with Crippen molar-refractivity contribution in [1.82, 2.24) is 14.8 Å². The summed E-state index contributed by atoms with van der Waals surface area (Å²) in [6.45, 7) is 5.33. The van der Waals surface area contributed by atoms with E-state index >= 15 is 0 Å². The molecule has 3 heterocycles. The molecule has 0 bridgehead atoms. The normalized spacial score (nSPS) is 15.4. The standard InChI is InChI=1S/C22H25FN6O2/c1-14-21-19(28(3)15(2)22(30)27-21)10-20(26-14)24-11-16-12-25-29(13-16)8-9-31-18-6-4-17(23)5-7-18/h4-7,10,12-13,15H,8-9,11H2,1-3H3,(H,24,26)(H,27,30)/t15-/m0/s1. The third-order valence-corrected chi connectivity index (χ3v) is 5.33. The highest BCUT2D eigenvalue weighted by atomic mass is 19.1. The molecule has 1 aliphatic heterocycles. The Labute approximate surface area is 180 Å². The Bertz CT molecular complexity index is 1080. The number of carbonyl (C=O) groups is 1. The van der Waals surface area contributed by atoms with Crippen molar-refractivity contribution in [3.63, 3.8) is 0 Å². The zero-order chi connectivity index (χ0) is 22.0. The van der Waals surface area contributed by atoms with E-state index in [1.165, 1.54) is 12.1 Å². The maximum atomic E-state index is 12.9. The Hall–Kier alpha value is -3.62. The predicted molar refractivity (Wildman–Crippen MR) is 117 cm³/mol. The van der Waals surface area contributed by atoms with Gasteiger partial charge in [-0.25, -0.2) is 9.37 Å². The molecule has 0 saturated carbocycles. The molecule has 2 aromatic heterocycles. The predicted octanol–water partition coefficient (Wildman–Crippen LogP) is 3.19. The number of pyridine rings is 1. The van der Waals surface area contributed by atoms with Crippen LogP contribution in [0, 0.1) is 12.7 Å². The van der Waals surface area contributed by atoms with Crippen molar-refractivity contribution >= 4 is 23.1 Å². The summed E-state index contributed by atoms with van der Waals surface area (Å²) in [6, 6.07) is 7.65. The highest BCUT2D eigenvalue weighted by Crippen LogP contribution is 2.34. The summed E-state index contributed by atoms with van der Waals surface area (Å²) in [5.74, 6) is 1.04. The number of nitrogens with one attached hydrogen (secondary N) is 2. The van der Waals surface area contributed by atoms with Gasteiger partial charge in [0.15, 0.2) is 0 Å². The van der Waals surface area contributed by atoms with Crippen molar-refractivity contribution in [2.45, 2.75) is 33.0 Å². The molecule has 1 aromatic carbocycles. The van der Waals surface area contributed by atoms with Gasteiger partial charge in [0.05, 0.1) is 29.8 Å². The number of fused-ring (bicyclic) bond motifs is 1. The Kier molecular flexibility index (Phi) is 5.75. The topological polar surface area (TPSA) is 84.3 Å².